The Labute approximate surface area is 82.9 Å². The highest BCUT2D eigenvalue weighted by molar-refractivity contribution is 14.1. The zero-order valence-corrected chi connectivity index (χ0v) is 9.01. The van der Waals surface area contributed by atoms with E-state index in [1.165, 1.54) is 35.7 Å². The second kappa shape index (κ2) is 4.96. The largest absolute Gasteiger partial charge is 0.0990 e. The molecule has 0 N–H and O–H groups in total. The van der Waals surface area contributed by atoms with E-state index in [9.17, 15) is 0 Å². The van der Waals surface area contributed by atoms with Gasteiger partial charge in [-0.1, -0.05) is 38.0 Å². The first kappa shape index (κ1) is 9.30. The van der Waals surface area contributed by atoms with E-state index in [1.807, 2.05) is 6.08 Å². The first-order valence-corrected chi connectivity index (χ1v) is 5.40. The lowest BCUT2D eigenvalue weighted by Crippen LogP contribution is -2.05. The molecule has 0 radical (unpaired) electrons. The highest BCUT2D eigenvalue weighted by atomic mass is 127. The summed E-state index contributed by atoms with van der Waals surface area (Å²) in [4.78, 5) is 0. The number of rotatable bonds is 2. The summed E-state index contributed by atoms with van der Waals surface area (Å²) in [5.41, 5.74) is 0. The average molecular weight is 262 g/mol. The van der Waals surface area contributed by atoms with Gasteiger partial charge in [0.15, 0.2) is 0 Å². The van der Waals surface area contributed by atoms with Gasteiger partial charge < -0.3 is 0 Å². The molecule has 0 aromatic carbocycles. The van der Waals surface area contributed by atoms with Gasteiger partial charge in [-0.15, -0.1) is 0 Å². The van der Waals surface area contributed by atoms with Crippen LogP contribution in [0.1, 0.15) is 32.1 Å². The van der Waals surface area contributed by atoms with Crippen LogP contribution in [0, 0.1) is 5.92 Å². The maximum atomic E-state index is 3.71. The summed E-state index contributed by atoms with van der Waals surface area (Å²) in [6.07, 6.45) is 11.1. The minimum Gasteiger partial charge on any atom is -0.0990 e. The monoisotopic (exact) mass is 262 g/mol. The van der Waals surface area contributed by atoms with Crippen molar-refractivity contribution in [2.75, 3.05) is 0 Å². The maximum absolute atomic E-state index is 3.71. The molecule has 0 spiro atoms. The molecule has 0 bridgehead atoms. The summed E-state index contributed by atoms with van der Waals surface area (Å²) in [5.74, 6) is 0.849. The number of hydrogen-bond donors (Lipinski definition) is 0. The predicted octanol–water partition coefficient (Wildman–Crippen LogP) is 4.07. The molecule has 1 saturated carbocycles. The maximum Gasteiger partial charge on any atom is -0.00633 e. The van der Waals surface area contributed by atoms with Crippen molar-refractivity contribution in [2.45, 2.75) is 32.1 Å². The highest BCUT2D eigenvalue weighted by Gasteiger charge is 2.14. The van der Waals surface area contributed by atoms with E-state index in [0.29, 0.717) is 0 Å². The van der Waals surface area contributed by atoms with Crippen molar-refractivity contribution in [1.29, 1.82) is 0 Å². The summed E-state index contributed by atoms with van der Waals surface area (Å²) in [6.45, 7) is 3.71. The molecular weight excluding hydrogens is 247 g/mol. The van der Waals surface area contributed by atoms with Crippen LogP contribution in [0.3, 0.4) is 0 Å². The fourth-order valence-electron chi connectivity index (χ4n) is 1.63. The SMILES string of the molecule is C=C/C=C(\I)C1CCCCC1. The van der Waals surface area contributed by atoms with E-state index in [2.05, 4.69) is 35.2 Å². The summed E-state index contributed by atoms with van der Waals surface area (Å²) in [5, 5.41) is 0. The lowest BCUT2D eigenvalue weighted by molar-refractivity contribution is 0.417. The highest BCUT2D eigenvalue weighted by Crippen LogP contribution is 2.32. The van der Waals surface area contributed by atoms with Gasteiger partial charge in [-0.05, 0) is 44.9 Å². The molecule has 0 unspecified atom stereocenters. The van der Waals surface area contributed by atoms with Gasteiger partial charge in [0.1, 0.15) is 0 Å². The Balaban J connectivity index is 2.44. The number of halogens is 1. The zero-order chi connectivity index (χ0) is 8.10. The molecule has 0 saturated heterocycles. The third-order valence-corrected chi connectivity index (χ3v) is 3.51. The van der Waals surface area contributed by atoms with Gasteiger partial charge in [0.05, 0.1) is 0 Å². The fourth-order valence-corrected chi connectivity index (χ4v) is 2.50. The predicted molar refractivity (Wildman–Crippen MR) is 58.9 cm³/mol. The molecule has 1 aliphatic rings. The van der Waals surface area contributed by atoms with Crippen LogP contribution >= 0.6 is 22.6 Å². The lowest BCUT2D eigenvalue weighted by Gasteiger charge is -2.20. The van der Waals surface area contributed by atoms with Gasteiger partial charge in [0.2, 0.25) is 0 Å². The average Bonchev–Trinajstić information content (AvgIpc) is 2.07. The first-order chi connectivity index (χ1) is 5.34. The molecule has 0 aromatic rings. The second-order valence-electron chi connectivity index (χ2n) is 3.12. The molecule has 1 rings (SSSR count). The van der Waals surface area contributed by atoms with Gasteiger partial charge in [-0.25, -0.2) is 0 Å². The quantitative estimate of drug-likeness (QED) is 0.519. The number of hydrogen-bond acceptors (Lipinski definition) is 0. The molecule has 0 aromatic heterocycles. The Hall–Kier alpha value is 0.210. The Morgan fingerprint density at radius 2 is 1.91 bits per heavy atom. The third kappa shape index (κ3) is 2.97. The van der Waals surface area contributed by atoms with Crippen LogP contribution in [0.4, 0.5) is 0 Å². The molecular formula is C10H15I. The van der Waals surface area contributed by atoms with E-state index in [1.54, 1.807) is 0 Å². The number of allylic oxidation sites excluding steroid dienone is 3. The zero-order valence-electron chi connectivity index (χ0n) is 6.85. The Morgan fingerprint density at radius 3 is 2.45 bits per heavy atom. The van der Waals surface area contributed by atoms with Crippen LogP contribution in [0.25, 0.3) is 0 Å². The first-order valence-electron chi connectivity index (χ1n) is 4.32. The van der Waals surface area contributed by atoms with Crippen molar-refractivity contribution in [3.8, 4) is 0 Å². The Kier molecular flexibility index (Phi) is 4.20. The minimum atomic E-state index is 0.849. The van der Waals surface area contributed by atoms with Crippen LogP contribution < -0.4 is 0 Å². The van der Waals surface area contributed by atoms with Gasteiger partial charge in [0, 0.05) is 0 Å². The van der Waals surface area contributed by atoms with E-state index in [-0.39, 0.29) is 0 Å². The van der Waals surface area contributed by atoms with Crippen molar-refractivity contribution in [3.05, 3.63) is 22.3 Å². The van der Waals surface area contributed by atoms with Crippen molar-refractivity contribution < 1.29 is 0 Å². The van der Waals surface area contributed by atoms with E-state index in [0.717, 1.165) is 5.92 Å². The molecule has 62 valence electrons. The minimum absolute atomic E-state index is 0.849. The molecule has 1 aliphatic carbocycles. The van der Waals surface area contributed by atoms with Gasteiger partial charge in [-0.2, -0.15) is 0 Å². The molecule has 0 heterocycles. The van der Waals surface area contributed by atoms with E-state index < -0.39 is 0 Å². The van der Waals surface area contributed by atoms with Crippen LogP contribution in [0.5, 0.6) is 0 Å². The summed E-state index contributed by atoms with van der Waals surface area (Å²) in [6, 6.07) is 0. The molecule has 0 aliphatic heterocycles. The molecule has 0 nitrogen and oxygen atoms in total. The van der Waals surface area contributed by atoms with Gasteiger partial charge in [-0.3, -0.25) is 0 Å². The summed E-state index contributed by atoms with van der Waals surface area (Å²) < 4.78 is 1.50. The van der Waals surface area contributed by atoms with Gasteiger partial charge in [0.25, 0.3) is 0 Å². The third-order valence-electron chi connectivity index (χ3n) is 2.27. The van der Waals surface area contributed by atoms with Crippen molar-refractivity contribution in [1.82, 2.24) is 0 Å². The van der Waals surface area contributed by atoms with Gasteiger partial charge >= 0.3 is 0 Å². The topological polar surface area (TPSA) is 0 Å². The van der Waals surface area contributed by atoms with E-state index >= 15 is 0 Å². The summed E-state index contributed by atoms with van der Waals surface area (Å²) >= 11 is 2.45. The second-order valence-corrected chi connectivity index (χ2v) is 4.37. The molecule has 11 heavy (non-hydrogen) atoms. The van der Waals surface area contributed by atoms with Crippen LogP contribution in [0.2, 0.25) is 0 Å². The smallest absolute Gasteiger partial charge is 0.00633 e. The molecule has 0 atom stereocenters. The normalized spacial score (nSPS) is 21.7. The van der Waals surface area contributed by atoms with E-state index in [4.69, 9.17) is 0 Å². The molecule has 0 amide bonds. The van der Waals surface area contributed by atoms with Crippen LogP contribution in [0.15, 0.2) is 22.3 Å². The lowest BCUT2D eigenvalue weighted by atomic mass is 9.89. The molecule has 1 heteroatoms. The Morgan fingerprint density at radius 1 is 1.27 bits per heavy atom. The molecule has 1 fully saturated rings. The standard InChI is InChI=1S/C10H15I/c1-2-6-10(11)9-7-4-3-5-8-9/h2,6,9H,1,3-5,7-8H2/b10-6-. The Bertz CT molecular complexity index is 152. The van der Waals surface area contributed by atoms with Crippen molar-refractivity contribution >= 4 is 22.6 Å². The fraction of sp³-hybridized carbons (Fsp3) is 0.600. The van der Waals surface area contributed by atoms with Crippen molar-refractivity contribution in [2.24, 2.45) is 5.92 Å². The van der Waals surface area contributed by atoms with Crippen molar-refractivity contribution in [3.63, 3.8) is 0 Å². The summed E-state index contributed by atoms with van der Waals surface area (Å²) in [7, 11) is 0. The van der Waals surface area contributed by atoms with Crippen LogP contribution in [-0.2, 0) is 0 Å². The van der Waals surface area contributed by atoms with Crippen LogP contribution in [-0.4, -0.2) is 0 Å².